The Hall–Kier alpha value is -2.55. The second-order valence-electron chi connectivity index (χ2n) is 3.56. The zero-order chi connectivity index (χ0) is 14.0. The lowest BCUT2D eigenvalue weighted by atomic mass is 10.2. The standard InChI is InChI=1S/C10H9N3O5S/c14-8-2-1-6(5-7(8)10(15)16)13-19(17,18)9-3-4-11-12-9/h1-5,13-14H,(H,11,12)(H,15,16). The Morgan fingerprint density at radius 1 is 1.32 bits per heavy atom. The molecule has 0 spiro atoms. The maximum Gasteiger partial charge on any atom is 0.339 e. The molecule has 0 aliphatic heterocycles. The fourth-order valence-electron chi connectivity index (χ4n) is 1.37. The molecule has 9 heteroatoms. The van der Waals surface area contributed by atoms with Crippen LogP contribution in [0.25, 0.3) is 0 Å². The Balaban J connectivity index is 2.35. The lowest BCUT2D eigenvalue weighted by Crippen LogP contribution is -2.14. The number of aromatic amines is 1. The number of rotatable bonds is 4. The molecule has 0 atom stereocenters. The summed E-state index contributed by atoms with van der Waals surface area (Å²) in [7, 11) is -3.87. The Bertz CT molecular complexity index is 709. The highest BCUT2D eigenvalue weighted by Crippen LogP contribution is 2.23. The molecule has 4 N–H and O–H groups in total. The van der Waals surface area contributed by atoms with Gasteiger partial charge < -0.3 is 10.2 Å². The molecule has 0 saturated heterocycles. The molecule has 1 heterocycles. The van der Waals surface area contributed by atoms with E-state index in [1.165, 1.54) is 18.3 Å². The summed E-state index contributed by atoms with van der Waals surface area (Å²) in [5.74, 6) is -1.81. The van der Waals surface area contributed by atoms with Crippen molar-refractivity contribution in [3.05, 3.63) is 36.0 Å². The second-order valence-corrected chi connectivity index (χ2v) is 5.21. The number of hydrogen-bond acceptors (Lipinski definition) is 5. The first-order chi connectivity index (χ1) is 8.90. The molecule has 100 valence electrons. The minimum atomic E-state index is -3.87. The van der Waals surface area contributed by atoms with E-state index >= 15 is 0 Å². The minimum Gasteiger partial charge on any atom is -0.507 e. The van der Waals surface area contributed by atoms with E-state index in [2.05, 4.69) is 14.9 Å². The number of sulfonamides is 1. The van der Waals surface area contributed by atoms with Crippen LogP contribution < -0.4 is 4.72 Å². The summed E-state index contributed by atoms with van der Waals surface area (Å²) in [5, 5.41) is 23.8. The molecule has 19 heavy (non-hydrogen) atoms. The smallest absolute Gasteiger partial charge is 0.339 e. The fraction of sp³-hybridized carbons (Fsp3) is 0. The van der Waals surface area contributed by atoms with Crippen LogP contribution in [0.2, 0.25) is 0 Å². The monoisotopic (exact) mass is 283 g/mol. The summed E-state index contributed by atoms with van der Waals surface area (Å²) in [6.45, 7) is 0. The van der Waals surface area contributed by atoms with Crippen LogP contribution in [0, 0.1) is 0 Å². The molecule has 0 fully saturated rings. The van der Waals surface area contributed by atoms with Gasteiger partial charge in [0.15, 0.2) is 5.03 Å². The zero-order valence-electron chi connectivity index (χ0n) is 9.36. The summed E-state index contributed by atoms with van der Waals surface area (Å²) in [4.78, 5) is 10.8. The average molecular weight is 283 g/mol. The first kappa shape index (κ1) is 12.9. The lowest BCUT2D eigenvalue weighted by Gasteiger charge is -2.07. The van der Waals surface area contributed by atoms with Gasteiger partial charge in [-0.15, -0.1) is 0 Å². The van der Waals surface area contributed by atoms with Crippen molar-refractivity contribution in [1.29, 1.82) is 0 Å². The lowest BCUT2D eigenvalue weighted by molar-refractivity contribution is 0.0694. The predicted octanol–water partition coefficient (Wildman–Crippen LogP) is 0.614. The van der Waals surface area contributed by atoms with Gasteiger partial charge in [0.25, 0.3) is 10.0 Å². The van der Waals surface area contributed by atoms with Crippen LogP contribution in [0.5, 0.6) is 5.75 Å². The molecule has 0 bridgehead atoms. The molecule has 2 aromatic rings. The molecular weight excluding hydrogens is 274 g/mol. The number of phenols is 1. The predicted molar refractivity (Wildman–Crippen MR) is 64.5 cm³/mol. The third-order valence-electron chi connectivity index (χ3n) is 2.24. The van der Waals surface area contributed by atoms with Gasteiger partial charge in [-0.2, -0.15) is 13.5 Å². The van der Waals surface area contributed by atoms with E-state index < -0.39 is 27.3 Å². The van der Waals surface area contributed by atoms with Crippen molar-refractivity contribution in [2.24, 2.45) is 0 Å². The number of carbonyl (C=O) groups is 1. The van der Waals surface area contributed by atoms with Crippen molar-refractivity contribution in [2.75, 3.05) is 4.72 Å². The van der Waals surface area contributed by atoms with Gasteiger partial charge in [-0.25, -0.2) is 4.79 Å². The largest absolute Gasteiger partial charge is 0.507 e. The molecule has 1 aromatic heterocycles. The van der Waals surface area contributed by atoms with Crippen LogP contribution in [-0.4, -0.2) is 34.8 Å². The minimum absolute atomic E-state index is 0.0183. The van der Waals surface area contributed by atoms with Crippen molar-refractivity contribution in [2.45, 2.75) is 5.03 Å². The van der Waals surface area contributed by atoms with E-state index in [-0.39, 0.29) is 10.7 Å². The van der Waals surface area contributed by atoms with Crippen molar-refractivity contribution in [3.63, 3.8) is 0 Å². The second kappa shape index (κ2) is 4.61. The first-order valence-corrected chi connectivity index (χ1v) is 6.47. The number of benzene rings is 1. The highest BCUT2D eigenvalue weighted by Gasteiger charge is 2.17. The van der Waals surface area contributed by atoms with Gasteiger partial charge in [-0.3, -0.25) is 9.82 Å². The number of aromatic nitrogens is 2. The topological polar surface area (TPSA) is 132 Å². The van der Waals surface area contributed by atoms with E-state index in [1.54, 1.807) is 0 Å². The van der Waals surface area contributed by atoms with Crippen molar-refractivity contribution in [1.82, 2.24) is 10.2 Å². The quantitative estimate of drug-likeness (QED) is 0.608. The third kappa shape index (κ3) is 2.65. The van der Waals surface area contributed by atoms with Gasteiger partial charge in [-0.1, -0.05) is 0 Å². The van der Waals surface area contributed by atoms with Gasteiger partial charge in [0.05, 0.1) is 6.20 Å². The molecule has 0 aliphatic rings. The van der Waals surface area contributed by atoms with Crippen molar-refractivity contribution < 1.29 is 23.4 Å². The number of carboxylic acid groups (broad SMARTS) is 1. The van der Waals surface area contributed by atoms with Crippen molar-refractivity contribution >= 4 is 21.7 Å². The van der Waals surface area contributed by atoms with Gasteiger partial charge in [0.2, 0.25) is 0 Å². The summed E-state index contributed by atoms with van der Waals surface area (Å²) in [5.41, 5.74) is -0.380. The fourth-order valence-corrected chi connectivity index (χ4v) is 2.33. The van der Waals surface area contributed by atoms with E-state index in [1.807, 2.05) is 0 Å². The first-order valence-electron chi connectivity index (χ1n) is 4.98. The molecule has 0 radical (unpaired) electrons. The van der Waals surface area contributed by atoms with Crippen LogP contribution in [0.3, 0.4) is 0 Å². The van der Waals surface area contributed by atoms with E-state index in [0.717, 1.165) is 12.1 Å². The molecule has 8 nitrogen and oxygen atoms in total. The number of nitrogens with zero attached hydrogens (tertiary/aromatic N) is 1. The molecule has 2 rings (SSSR count). The molecular formula is C10H9N3O5S. The number of H-pyrrole nitrogens is 1. The number of aromatic carboxylic acids is 1. The van der Waals surface area contributed by atoms with Gasteiger partial charge in [0, 0.05) is 5.69 Å². The maximum absolute atomic E-state index is 11.8. The van der Waals surface area contributed by atoms with Crippen LogP contribution in [0.1, 0.15) is 10.4 Å². The molecule has 0 saturated carbocycles. The van der Waals surface area contributed by atoms with Gasteiger partial charge in [-0.05, 0) is 24.3 Å². The molecule has 0 aliphatic carbocycles. The Morgan fingerprint density at radius 2 is 2.05 bits per heavy atom. The maximum atomic E-state index is 11.8. The van der Waals surface area contributed by atoms with Crippen LogP contribution >= 0.6 is 0 Å². The summed E-state index contributed by atoms with van der Waals surface area (Å²) >= 11 is 0. The number of anilines is 1. The Morgan fingerprint density at radius 3 is 2.63 bits per heavy atom. The van der Waals surface area contributed by atoms with Crippen molar-refractivity contribution in [3.8, 4) is 5.75 Å². The third-order valence-corrected chi connectivity index (χ3v) is 3.55. The average Bonchev–Trinajstić information content (AvgIpc) is 2.85. The normalized spacial score (nSPS) is 11.2. The SMILES string of the molecule is O=C(O)c1cc(NS(=O)(=O)c2ccn[nH]2)ccc1O. The van der Waals surface area contributed by atoms with E-state index in [0.29, 0.717) is 0 Å². The molecule has 0 amide bonds. The highest BCUT2D eigenvalue weighted by molar-refractivity contribution is 7.92. The Labute approximate surface area is 107 Å². The van der Waals surface area contributed by atoms with Crippen LogP contribution in [-0.2, 0) is 10.0 Å². The summed E-state index contributed by atoms with van der Waals surface area (Å²) in [6, 6.07) is 4.61. The summed E-state index contributed by atoms with van der Waals surface area (Å²) in [6.07, 6.45) is 1.27. The highest BCUT2D eigenvalue weighted by atomic mass is 32.2. The van der Waals surface area contributed by atoms with E-state index in [4.69, 9.17) is 5.11 Å². The number of hydrogen-bond donors (Lipinski definition) is 4. The number of carboxylic acids is 1. The number of aromatic hydroxyl groups is 1. The number of nitrogens with one attached hydrogen (secondary N) is 2. The van der Waals surface area contributed by atoms with Crippen LogP contribution in [0.4, 0.5) is 5.69 Å². The molecule has 1 aromatic carbocycles. The summed E-state index contributed by atoms with van der Waals surface area (Å²) < 4.78 is 25.8. The van der Waals surface area contributed by atoms with E-state index in [9.17, 15) is 18.3 Å². The Kier molecular flexibility index (Phi) is 3.13. The van der Waals surface area contributed by atoms with Gasteiger partial charge >= 0.3 is 5.97 Å². The van der Waals surface area contributed by atoms with Gasteiger partial charge in [0.1, 0.15) is 11.3 Å². The van der Waals surface area contributed by atoms with Crippen LogP contribution in [0.15, 0.2) is 35.5 Å². The molecule has 0 unspecified atom stereocenters. The zero-order valence-corrected chi connectivity index (χ0v) is 10.2.